The minimum Gasteiger partial charge on any atom is -0.490 e. The summed E-state index contributed by atoms with van der Waals surface area (Å²) in [7, 11) is 0. The van der Waals surface area contributed by atoms with Gasteiger partial charge in [-0.1, -0.05) is 71.8 Å². The zero-order valence-corrected chi connectivity index (χ0v) is 18.4. The topological polar surface area (TPSA) is 30.8 Å². The van der Waals surface area contributed by atoms with Crippen LogP contribution in [-0.2, 0) is 6.61 Å². The van der Waals surface area contributed by atoms with Gasteiger partial charge >= 0.3 is 0 Å². The Balaban J connectivity index is 1.59. The van der Waals surface area contributed by atoms with Crippen molar-refractivity contribution in [3.63, 3.8) is 0 Å². The Hall–Kier alpha value is -3.30. The van der Waals surface area contributed by atoms with E-state index in [0.717, 1.165) is 16.8 Å². The minimum absolute atomic E-state index is 0.401. The molecular formula is C27H24ClNO2. The summed E-state index contributed by atoms with van der Waals surface area (Å²) in [4.78, 5) is 4.54. The molecule has 0 aliphatic rings. The SMILES string of the molecule is CCOc1cc(C=Nc2ccc(C)cc2)cc(Cl)c1OCc1cccc2ccccc12. The summed E-state index contributed by atoms with van der Waals surface area (Å²) in [6.45, 7) is 4.91. The molecule has 0 fully saturated rings. The quantitative estimate of drug-likeness (QED) is 0.284. The van der Waals surface area contributed by atoms with Crippen molar-refractivity contribution in [3.05, 3.63) is 101 Å². The van der Waals surface area contributed by atoms with E-state index in [9.17, 15) is 0 Å². The second-order valence-electron chi connectivity index (χ2n) is 7.28. The first-order valence-corrected chi connectivity index (χ1v) is 10.7. The highest BCUT2D eigenvalue weighted by Crippen LogP contribution is 2.37. The lowest BCUT2D eigenvalue weighted by Crippen LogP contribution is -2.02. The van der Waals surface area contributed by atoms with E-state index in [1.165, 1.54) is 16.3 Å². The number of hydrogen-bond donors (Lipinski definition) is 0. The number of halogens is 1. The van der Waals surface area contributed by atoms with Crippen LogP contribution >= 0.6 is 11.6 Å². The number of ether oxygens (including phenoxy) is 2. The number of hydrogen-bond acceptors (Lipinski definition) is 3. The molecule has 0 aromatic heterocycles. The van der Waals surface area contributed by atoms with E-state index in [4.69, 9.17) is 21.1 Å². The highest BCUT2D eigenvalue weighted by Gasteiger charge is 2.13. The molecule has 0 atom stereocenters. The van der Waals surface area contributed by atoms with Gasteiger partial charge in [0.25, 0.3) is 0 Å². The lowest BCUT2D eigenvalue weighted by molar-refractivity contribution is 0.270. The van der Waals surface area contributed by atoms with E-state index in [0.29, 0.717) is 29.7 Å². The monoisotopic (exact) mass is 429 g/mol. The van der Waals surface area contributed by atoms with Crippen LogP contribution in [0.5, 0.6) is 11.5 Å². The van der Waals surface area contributed by atoms with Gasteiger partial charge in [0.05, 0.1) is 17.3 Å². The molecule has 0 radical (unpaired) electrons. The molecule has 0 spiro atoms. The number of nitrogens with zero attached hydrogens (tertiary/aromatic N) is 1. The van der Waals surface area contributed by atoms with Crippen molar-refractivity contribution >= 4 is 34.3 Å². The van der Waals surface area contributed by atoms with E-state index < -0.39 is 0 Å². The minimum atomic E-state index is 0.401. The number of fused-ring (bicyclic) bond motifs is 1. The van der Waals surface area contributed by atoms with Crippen LogP contribution in [0.4, 0.5) is 5.69 Å². The van der Waals surface area contributed by atoms with Gasteiger partial charge in [0.15, 0.2) is 11.5 Å². The summed E-state index contributed by atoms with van der Waals surface area (Å²) in [5.41, 5.74) is 4.04. The summed E-state index contributed by atoms with van der Waals surface area (Å²) in [6.07, 6.45) is 1.79. The smallest absolute Gasteiger partial charge is 0.180 e. The molecular weight excluding hydrogens is 406 g/mol. The van der Waals surface area contributed by atoms with E-state index in [-0.39, 0.29) is 0 Å². The molecule has 0 unspecified atom stereocenters. The lowest BCUT2D eigenvalue weighted by atomic mass is 10.1. The Labute approximate surface area is 187 Å². The summed E-state index contributed by atoms with van der Waals surface area (Å²) in [5.74, 6) is 1.16. The van der Waals surface area contributed by atoms with Crippen molar-refractivity contribution in [2.75, 3.05) is 6.61 Å². The Bertz CT molecular complexity index is 1210. The maximum absolute atomic E-state index is 6.59. The average molecular weight is 430 g/mol. The third kappa shape index (κ3) is 5.07. The molecule has 3 nitrogen and oxygen atoms in total. The number of aryl methyl sites for hydroxylation is 1. The Morgan fingerprint density at radius 3 is 2.48 bits per heavy atom. The highest BCUT2D eigenvalue weighted by molar-refractivity contribution is 6.32. The van der Waals surface area contributed by atoms with Crippen LogP contribution in [0, 0.1) is 6.92 Å². The van der Waals surface area contributed by atoms with Crippen molar-refractivity contribution in [2.24, 2.45) is 4.99 Å². The first-order valence-electron chi connectivity index (χ1n) is 10.3. The second kappa shape index (κ2) is 9.67. The van der Waals surface area contributed by atoms with Crippen LogP contribution < -0.4 is 9.47 Å². The van der Waals surface area contributed by atoms with Gasteiger partial charge in [0.2, 0.25) is 0 Å². The molecule has 0 saturated heterocycles. The zero-order valence-electron chi connectivity index (χ0n) is 17.6. The average Bonchev–Trinajstić information content (AvgIpc) is 2.78. The van der Waals surface area contributed by atoms with E-state index in [2.05, 4.69) is 36.2 Å². The van der Waals surface area contributed by atoms with Crippen molar-refractivity contribution < 1.29 is 9.47 Å². The van der Waals surface area contributed by atoms with Gasteiger partial charge in [0, 0.05) is 6.21 Å². The fourth-order valence-corrected chi connectivity index (χ4v) is 3.69. The third-order valence-electron chi connectivity index (χ3n) is 4.98. The molecule has 4 aromatic rings. The first-order chi connectivity index (χ1) is 15.1. The molecule has 0 aliphatic heterocycles. The molecule has 4 aromatic carbocycles. The number of benzene rings is 4. The predicted octanol–water partition coefficient (Wildman–Crippen LogP) is 7.53. The Morgan fingerprint density at radius 2 is 1.68 bits per heavy atom. The fourth-order valence-electron chi connectivity index (χ4n) is 3.41. The van der Waals surface area contributed by atoms with Gasteiger partial charge in [-0.3, -0.25) is 4.99 Å². The molecule has 31 heavy (non-hydrogen) atoms. The zero-order chi connectivity index (χ0) is 21.6. The van der Waals surface area contributed by atoms with Crippen LogP contribution in [0.1, 0.15) is 23.6 Å². The molecule has 0 heterocycles. The van der Waals surface area contributed by atoms with Crippen LogP contribution in [0.25, 0.3) is 10.8 Å². The predicted molar refractivity (Wildman–Crippen MR) is 129 cm³/mol. The molecule has 0 aliphatic carbocycles. The molecule has 0 amide bonds. The lowest BCUT2D eigenvalue weighted by Gasteiger charge is -2.15. The van der Waals surface area contributed by atoms with Gasteiger partial charge in [0.1, 0.15) is 6.61 Å². The van der Waals surface area contributed by atoms with Crippen molar-refractivity contribution in [2.45, 2.75) is 20.5 Å². The Kier molecular flexibility index (Phi) is 6.54. The number of rotatable bonds is 7. The van der Waals surface area contributed by atoms with Crippen LogP contribution in [-0.4, -0.2) is 12.8 Å². The van der Waals surface area contributed by atoms with Crippen LogP contribution in [0.15, 0.2) is 83.9 Å². The summed E-state index contributed by atoms with van der Waals surface area (Å²) >= 11 is 6.59. The summed E-state index contributed by atoms with van der Waals surface area (Å²) in [5, 5.41) is 2.85. The molecule has 4 heteroatoms. The fraction of sp³-hybridized carbons (Fsp3) is 0.148. The first kappa shape index (κ1) is 21.0. The third-order valence-corrected chi connectivity index (χ3v) is 5.26. The largest absolute Gasteiger partial charge is 0.490 e. The van der Waals surface area contributed by atoms with Gasteiger partial charge in [-0.15, -0.1) is 0 Å². The number of aliphatic imine (C=N–C) groups is 1. The van der Waals surface area contributed by atoms with Gasteiger partial charge in [-0.05, 0) is 60.0 Å². The highest BCUT2D eigenvalue weighted by atomic mass is 35.5. The van der Waals surface area contributed by atoms with Gasteiger partial charge in [-0.25, -0.2) is 0 Å². The molecule has 4 rings (SSSR count). The summed E-state index contributed by atoms with van der Waals surface area (Å²) < 4.78 is 12.0. The molecule has 0 N–H and O–H groups in total. The van der Waals surface area contributed by atoms with Crippen LogP contribution in [0.2, 0.25) is 5.02 Å². The van der Waals surface area contributed by atoms with Crippen molar-refractivity contribution in [3.8, 4) is 11.5 Å². The van der Waals surface area contributed by atoms with E-state index in [1.54, 1.807) is 6.21 Å². The Morgan fingerprint density at radius 1 is 0.903 bits per heavy atom. The normalized spacial score (nSPS) is 11.2. The molecule has 0 saturated carbocycles. The van der Waals surface area contributed by atoms with Crippen molar-refractivity contribution in [1.29, 1.82) is 0 Å². The maximum atomic E-state index is 6.59. The van der Waals surface area contributed by atoms with Gasteiger partial charge < -0.3 is 9.47 Å². The van der Waals surface area contributed by atoms with E-state index in [1.807, 2.05) is 61.5 Å². The maximum Gasteiger partial charge on any atom is 0.180 e. The summed E-state index contributed by atoms with van der Waals surface area (Å²) in [6, 6.07) is 26.3. The standard InChI is InChI=1S/C27H24ClNO2/c1-3-30-26-16-20(17-29-23-13-11-19(2)12-14-23)15-25(28)27(26)31-18-22-9-6-8-21-7-4-5-10-24(21)22/h4-17H,3,18H2,1-2H3. The second-order valence-corrected chi connectivity index (χ2v) is 7.69. The van der Waals surface area contributed by atoms with Crippen LogP contribution in [0.3, 0.4) is 0 Å². The van der Waals surface area contributed by atoms with E-state index >= 15 is 0 Å². The van der Waals surface area contributed by atoms with Gasteiger partial charge in [-0.2, -0.15) is 0 Å². The molecule has 156 valence electrons. The van der Waals surface area contributed by atoms with Crippen molar-refractivity contribution in [1.82, 2.24) is 0 Å². The molecule has 0 bridgehead atoms.